The number of anilines is 1. The van der Waals surface area contributed by atoms with Crippen LogP contribution in [0.1, 0.15) is 25.8 Å². The van der Waals surface area contributed by atoms with Crippen molar-refractivity contribution in [2.75, 3.05) is 11.9 Å². The van der Waals surface area contributed by atoms with E-state index in [9.17, 15) is 4.79 Å². The average molecular weight is 221 g/mol. The second-order valence-corrected chi connectivity index (χ2v) is 4.68. The molecule has 0 unspecified atom stereocenters. The highest BCUT2D eigenvalue weighted by Gasteiger charge is 2.26. The summed E-state index contributed by atoms with van der Waals surface area (Å²) in [7, 11) is 0. The summed E-state index contributed by atoms with van der Waals surface area (Å²) in [6.45, 7) is 6.19. The van der Waals surface area contributed by atoms with Crippen molar-refractivity contribution >= 4 is 11.7 Å². The Morgan fingerprint density at radius 1 is 1.38 bits per heavy atom. The van der Waals surface area contributed by atoms with Crippen molar-refractivity contribution in [3.8, 4) is 0 Å². The zero-order valence-corrected chi connectivity index (χ0v) is 10.1. The number of carboxylic acid groups (broad SMARTS) is 1. The van der Waals surface area contributed by atoms with Gasteiger partial charge in [0.25, 0.3) is 0 Å². The predicted molar refractivity (Wildman–Crippen MR) is 65.7 cm³/mol. The van der Waals surface area contributed by atoms with E-state index in [1.54, 1.807) is 13.8 Å². The standard InChI is InChI=1S/C13H19NO2/c1-10-6-4-5-7-11(10)14-9-8-13(2,3)12(15)16/h4-7,14H,8-9H2,1-3H3,(H,15,16). The number of hydrogen-bond acceptors (Lipinski definition) is 2. The Hall–Kier alpha value is -1.51. The fourth-order valence-corrected chi connectivity index (χ4v) is 1.39. The summed E-state index contributed by atoms with van der Waals surface area (Å²) in [5.41, 5.74) is 1.58. The maximum atomic E-state index is 10.9. The molecule has 1 aromatic carbocycles. The zero-order chi connectivity index (χ0) is 12.2. The minimum atomic E-state index is -0.751. The van der Waals surface area contributed by atoms with Crippen LogP contribution < -0.4 is 5.32 Å². The predicted octanol–water partition coefficient (Wildman–Crippen LogP) is 2.91. The van der Waals surface area contributed by atoms with Gasteiger partial charge >= 0.3 is 5.97 Å². The van der Waals surface area contributed by atoms with Gasteiger partial charge in [0.1, 0.15) is 0 Å². The van der Waals surface area contributed by atoms with E-state index in [-0.39, 0.29) is 0 Å². The first kappa shape index (κ1) is 12.6. The quantitative estimate of drug-likeness (QED) is 0.803. The van der Waals surface area contributed by atoms with Crippen LogP contribution in [0.3, 0.4) is 0 Å². The van der Waals surface area contributed by atoms with Gasteiger partial charge in [0.05, 0.1) is 5.41 Å². The minimum absolute atomic E-state index is 0.608. The van der Waals surface area contributed by atoms with Crippen LogP contribution in [0.5, 0.6) is 0 Å². The molecule has 0 fully saturated rings. The molecule has 0 heterocycles. The smallest absolute Gasteiger partial charge is 0.309 e. The number of carbonyl (C=O) groups is 1. The highest BCUT2D eigenvalue weighted by atomic mass is 16.4. The summed E-state index contributed by atoms with van der Waals surface area (Å²) in [4.78, 5) is 10.9. The van der Waals surface area contributed by atoms with E-state index in [0.717, 1.165) is 5.69 Å². The van der Waals surface area contributed by atoms with Crippen molar-refractivity contribution in [3.63, 3.8) is 0 Å². The Balaban J connectivity index is 2.48. The Kier molecular flexibility index (Phi) is 3.93. The molecular weight excluding hydrogens is 202 g/mol. The monoisotopic (exact) mass is 221 g/mol. The zero-order valence-electron chi connectivity index (χ0n) is 10.1. The van der Waals surface area contributed by atoms with Crippen LogP contribution in [0.4, 0.5) is 5.69 Å². The summed E-state index contributed by atoms with van der Waals surface area (Å²) in [5.74, 6) is -0.751. The Morgan fingerprint density at radius 2 is 2.00 bits per heavy atom. The van der Waals surface area contributed by atoms with Crippen LogP contribution in [0.15, 0.2) is 24.3 Å². The van der Waals surface area contributed by atoms with Gasteiger partial charge in [-0.3, -0.25) is 4.79 Å². The normalized spacial score (nSPS) is 11.2. The maximum absolute atomic E-state index is 10.9. The number of benzene rings is 1. The van der Waals surface area contributed by atoms with E-state index in [1.807, 2.05) is 31.2 Å². The fraction of sp³-hybridized carbons (Fsp3) is 0.462. The Bertz CT molecular complexity index is 372. The van der Waals surface area contributed by atoms with Crippen LogP contribution >= 0.6 is 0 Å². The van der Waals surface area contributed by atoms with E-state index in [2.05, 4.69) is 5.32 Å². The lowest BCUT2D eigenvalue weighted by molar-refractivity contribution is -0.147. The molecular formula is C13H19NO2. The van der Waals surface area contributed by atoms with Crippen molar-refractivity contribution in [1.29, 1.82) is 0 Å². The van der Waals surface area contributed by atoms with Crippen LogP contribution in [-0.2, 0) is 4.79 Å². The van der Waals surface area contributed by atoms with Crippen LogP contribution in [0.2, 0.25) is 0 Å². The van der Waals surface area contributed by atoms with Crippen molar-refractivity contribution < 1.29 is 9.90 Å². The summed E-state index contributed by atoms with van der Waals surface area (Å²) in [6, 6.07) is 7.99. The molecule has 3 nitrogen and oxygen atoms in total. The topological polar surface area (TPSA) is 49.3 Å². The number of hydrogen-bond donors (Lipinski definition) is 2. The highest BCUT2D eigenvalue weighted by Crippen LogP contribution is 2.21. The van der Waals surface area contributed by atoms with Crippen LogP contribution in [0.25, 0.3) is 0 Å². The maximum Gasteiger partial charge on any atom is 0.309 e. The second-order valence-electron chi connectivity index (χ2n) is 4.68. The van der Waals surface area contributed by atoms with Gasteiger partial charge in [0.15, 0.2) is 0 Å². The van der Waals surface area contributed by atoms with Crippen LogP contribution in [0, 0.1) is 12.3 Å². The third-order valence-electron chi connectivity index (χ3n) is 2.79. The lowest BCUT2D eigenvalue weighted by Gasteiger charge is -2.19. The number of carboxylic acids is 1. The Labute approximate surface area is 96.5 Å². The van der Waals surface area contributed by atoms with Crippen molar-refractivity contribution in [2.45, 2.75) is 27.2 Å². The molecule has 2 N–H and O–H groups in total. The third-order valence-corrected chi connectivity index (χ3v) is 2.79. The molecule has 0 atom stereocenters. The third kappa shape index (κ3) is 3.26. The molecule has 88 valence electrons. The van der Waals surface area contributed by atoms with E-state index >= 15 is 0 Å². The van der Waals surface area contributed by atoms with Gasteiger partial charge in [-0.2, -0.15) is 0 Å². The molecule has 0 saturated carbocycles. The molecule has 0 aliphatic rings. The molecule has 0 radical (unpaired) electrons. The Morgan fingerprint density at radius 3 is 2.56 bits per heavy atom. The highest BCUT2D eigenvalue weighted by molar-refractivity contribution is 5.73. The van der Waals surface area contributed by atoms with Crippen molar-refractivity contribution in [1.82, 2.24) is 0 Å². The van der Waals surface area contributed by atoms with Crippen molar-refractivity contribution in [3.05, 3.63) is 29.8 Å². The molecule has 0 saturated heterocycles. The van der Waals surface area contributed by atoms with Gasteiger partial charge in [0, 0.05) is 12.2 Å². The number of nitrogens with one attached hydrogen (secondary N) is 1. The molecule has 0 aromatic heterocycles. The van der Waals surface area contributed by atoms with Crippen LogP contribution in [-0.4, -0.2) is 17.6 Å². The first-order chi connectivity index (χ1) is 7.43. The first-order valence-corrected chi connectivity index (χ1v) is 5.46. The van der Waals surface area contributed by atoms with Gasteiger partial charge in [0.2, 0.25) is 0 Å². The largest absolute Gasteiger partial charge is 0.481 e. The molecule has 0 spiro atoms. The molecule has 16 heavy (non-hydrogen) atoms. The summed E-state index contributed by atoms with van der Waals surface area (Å²) in [6.07, 6.45) is 0.608. The van der Waals surface area contributed by atoms with E-state index in [4.69, 9.17) is 5.11 Å². The first-order valence-electron chi connectivity index (χ1n) is 5.46. The van der Waals surface area contributed by atoms with E-state index in [1.165, 1.54) is 5.56 Å². The lowest BCUT2D eigenvalue weighted by atomic mass is 9.89. The molecule has 3 heteroatoms. The SMILES string of the molecule is Cc1ccccc1NCCC(C)(C)C(=O)O. The summed E-state index contributed by atoms with van der Waals surface area (Å²) < 4.78 is 0. The molecule has 0 bridgehead atoms. The van der Waals surface area contributed by atoms with E-state index < -0.39 is 11.4 Å². The van der Waals surface area contributed by atoms with Crippen molar-refractivity contribution in [2.24, 2.45) is 5.41 Å². The number of aliphatic carboxylic acids is 1. The molecule has 1 rings (SSSR count). The van der Waals surface area contributed by atoms with Gasteiger partial charge in [-0.1, -0.05) is 18.2 Å². The fourth-order valence-electron chi connectivity index (χ4n) is 1.39. The van der Waals surface area contributed by atoms with Gasteiger partial charge in [-0.25, -0.2) is 0 Å². The molecule has 0 aliphatic heterocycles. The summed E-state index contributed by atoms with van der Waals surface area (Å²) in [5, 5.41) is 12.2. The second kappa shape index (κ2) is 5.01. The average Bonchev–Trinajstić information content (AvgIpc) is 2.20. The summed E-state index contributed by atoms with van der Waals surface area (Å²) >= 11 is 0. The van der Waals surface area contributed by atoms with Gasteiger partial charge in [-0.05, 0) is 38.8 Å². The van der Waals surface area contributed by atoms with Gasteiger partial charge < -0.3 is 10.4 Å². The molecule has 1 aromatic rings. The molecule has 0 aliphatic carbocycles. The number of aryl methyl sites for hydroxylation is 1. The number of rotatable bonds is 5. The number of para-hydroxylation sites is 1. The molecule has 0 amide bonds. The van der Waals surface area contributed by atoms with Gasteiger partial charge in [-0.15, -0.1) is 0 Å². The lowest BCUT2D eigenvalue weighted by Crippen LogP contribution is -2.26. The van der Waals surface area contributed by atoms with E-state index in [0.29, 0.717) is 13.0 Å². The minimum Gasteiger partial charge on any atom is -0.481 e.